The van der Waals surface area contributed by atoms with E-state index in [1.54, 1.807) is 102 Å². The van der Waals surface area contributed by atoms with Crippen molar-refractivity contribution < 1.29 is 44.3 Å². The summed E-state index contributed by atoms with van der Waals surface area (Å²) in [5.74, 6) is -2.89. The largest absolute Gasteiger partial charge is 0.444 e. The summed E-state index contributed by atoms with van der Waals surface area (Å²) >= 11 is 0. The number of carbonyl (C=O) groups is 1. The number of nitrogens with zero attached hydrogens (tertiary/aromatic N) is 14. The van der Waals surface area contributed by atoms with Crippen LogP contribution in [-0.4, -0.2) is 140 Å². The number of hydrogen-bond acceptors (Lipinski definition) is 14. The maximum absolute atomic E-state index is 14.9. The van der Waals surface area contributed by atoms with E-state index in [1.165, 1.54) is 60.3 Å². The van der Waals surface area contributed by atoms with Gasteiger partial charge in [0, 0.05) is 118 Å². The number of pyridine rings is 3. The minimum absolute atomic E-state index is 0.0972. The van der Waals surface area contributed by atoms with Crippen molar-refractivity contribution in [3.05, 3.63) is 144 Å². The number of aromatic nitrogens is 9. The first-order chi connectivity index (χ1) is 39.2. The molecule has 0 bridgehead atoms. The maximum atomic E-state index is 14.9. The molecule has 0 radical (unpaired) electrons. The van der Waals surface area contributed by atoms with Gasteiger partial charge >= 0.3 is 6.09 Å². The SMILES string of the molecule is CN(c1cc2c(cn1)ncn2C)c1c(F)cc(C2CN(C(=O)OC(C)(C)C)C2)cc1F.CN(c1cc2c(cn1)ncn2C)c1c(F)cc(C2CN(S(C)(=O)=O)C2)cc1F.CN(c1cc2c(cn1)ncn2C)c1c(F)cc(C2CNC2)cc1F. The summed E-state index contributed by atoms with van der Waals surface area (Å²) in [4.78, 5) is 43.2. The van der Waals surface area contributed by atoms with Crippen molar-refractivity contribution in [2.24, 2.45) is 21.1 Å². The predicted molar refractivity (Wildman–Crippen MR) is 304 cm³/mol. The van der Waals surface area contributed by atoms with Crippen molar-refractivity contribution in [2.75, 3.05) is 81.4 Å². The van der Waals surface area contributed by atoms with Crippen molar-refractivity contribution in [3.63, 3.8) is 0 Å². The molecule has 3 aliphatic rings. The normalized spacial score (nSPS) is 15.1. The summed E-state index contributed by atoms with van der Waals surface area (Å²) in [6.07, 6.45) is 10.4. The lowest BCUT2D eigenvalue weighted by molar-refractivity contribution is 0.00815. The molecule has 0 spiro atoms. The molecule has 3 saturated heterocycles. The van der Waals surface area contributed by atoms with Gasteiger partial charge in [-0.1, -0.05) is 0 Å². The van der Waals surface area contributed by atoms with Crippen LogP contribution in [0.4, 0.5) is 65.7 Å². The molecule has 19 nitrogen and oxygen atoms in total. The number of halogens is 6. The third-order valence-corrected chi connectivity index (χ3v) is 16.2. The van der Waals surface area contributed by atoms with E-state index in [1.807, 2.05) is 30.3 Å². The fraction of sp³-hybridized carbons (Fsp3) is 0.351. The van der Waals surface area contributed by atoms with E-state index < -0.39 is 56.6 Å². The molecule has 0 saturated carbocycles. The van der Waals surface area contributed by atoms with Gasteiger partial charge in [0.1, 0.15) is 91.6 Å². The molecule has 0 unspecified atom stereocenters. The van der Waals surface area contributed by atoms with Gasteiger partial charge in [0.15, 0.2) is 0 Å². The van der Waals surface area contributed by atoms with Crippen molar-refractivity contribution in [1.82, 2.24) is 58.1 Å². The number of fused-ring (bicyclic) bond motifs is 3. The molecule has 83 heavy (non-hydrogen) atoms. The van der Waals surface area contributed by atoms with Crippen LogP contribution in [0.5, 0.6) is 0 Å². The van der Waals surface area contributed by atoms with Crippen LogP contribution < -0.4 is 20.0 Å². The lowest BCUT2D eigenvalue weighted by Crippen LogP contribution is -2.50. The topological polar surface area (TPSA) is 181 Å². The highest BCUT2D eigenvalue weighted by molar-refractivity contribution is 7.88. The molecule has 0 aliphatic carbocycles. The minimum atomic E-state index is -3.28. The summed E-state index contributed by atoms with van der Waals surface area (Å²) < 4.78 is 124. The van der Waals surface area contributed by atoms with E-state index in [4.69, 9.17) is 4.74 Å². The van der Waals surface area contributed by atoms with Gasteiger partial charge in [0.2, 0.25) is 10.0 Å². The number of carbonyl (C=O) groups excluding carboxylic acids is 1. The zero-order valence-electron chi connectivity index (χ0n) is 47.2. The highest BCUT2D eigenvalue weighted by atomic mass is 32.2. The molecule has 1 amide bonds. The Hall–Kier alpha value is -8.36. The van der Waals surface area contributed by atoms with Crippen LogP contribution >= 0.6 is 0 Å². The summed E-state index contributed by atoms with van der Waals surface area (Å²) in [6, 6.07) is 13.2. The van der Waals surface area contributed by atoms with Crippen LogP contribution in [0, 0.1) is 34.9 Å². The van der Waals surface area contributed by atoms with E-state index in [9.17, 15) is 39.6 Å². The molecular formula is C57H61F6N15O4S. The van der Waals surface area contributed by atoms with Crippen molar-refractivity contribution >= 4 is 83.7 Å². The number of likely N-dealkylation sites (tertiary alicyclic amines) is 1. The molecule has 6 aromatic heterocycles. The molecule has 3 aromatic carbocycles. The Labute approximate surface area is 474 Å². The van der Waals surface area contributed by atoms with Crippen molar-refractivity contribution in [2.45, 2.75) is 44.1 Å². The van der Waals surface area contributed by atoms with Gasteiger partial charge in [-0.05, 0) is 73.9 Å². The Morgan fingerprint density at radius 3 is 1.13 bits per heavy atom. The zero-order valence-corrected chi connectivity index (χ0v) is 48.0. The summed E-state index contributed by atoms with van der Waals surface area (Å²) in [5, 5.41) is 3.11. The molecule has 26 heteroatoms. The van der Waals surface area contributed by atoms with Crippen LogP contribution in [0.2, 0.25) is 0 Å². The summed E-state index contributed by atoms with van der Waals surface area (Å²) in [7, 11) is 6.97. The zero-order chi connectivity index (χ0) is 59.6. The molecule has 12 rings (SSSR count). The molecule has 0 atom stereocenters. The lowest BCUT2D eigenvalue weighted by Gasteiger charge is -2.40. The van der Waals surface area contributed by atoms with Crippen molar-refractivity contribution in [3.8, 4) is 0 Å². The number of sulfonamides is 1. The van der Waals surface area contributed by atoms with E-state index in [-0.39, 0.29) is 47.9 Å². The summed E-state index contributed by atoms with van der Waals surface area (Å²) in [6.45, 7) is 8.08. The molecule has 9 aromatic rings. The second-order valence-electron chi connectivity index (χ2n) is 22.1. The molecule has 436 valence electrons. The van der Waals surface area contributed by atoms with E-state index in [0.29, 0.717) is 58.3 Å². The lowest BCUT2D eigenvalue weighted by atomic mass is 9.91. The first-order valence-electron chi connectivity index (χ1n) is 26.4. The maximum Gasteiger partial charge on any atom is 0.410 e. The van der Waals surface area contributed by atoms with Crippen LogP contribution in [-0.2, 0) is 35.9 Å². The molecular weight excluding hydrogens is 1100 g/mol. The Balaban J connectivity index is 0.000000140. The minimum Gasteiger partial charge on any atom is -0.444 e. The van der Waals surface area contributed by atoms with Crippen molar-refractivity contribution in [1.29, 1.82) is 0 Å². The number of rotatable bonds is 10. The Morgan fingerprint density at radius 2 is 0.843 bits per heavy atom. The second-order valence-corrected chi connectivity index (χ2v) is 24.0. The average Bonchev–Trinajstić information content (AvgIpc) is 3.41. The number of aryl methyl sites for hydroxylation is 3. The molecule has 9 heterocycles. The molecule has 1 N–H and O–H groups in total. The monoisotopic (exact) mass is 1170 g/mol. The fourth-order valence-corrected chi connectivity index (χ4v) is 10.9. The van der Waals surface area contributed by atoms with Crippen LogP contribution in [0.25, 0.3) is 33.1 Å². The first-order valence-corrected chi connectivity index (χ1v) is 28.2. The van der Waals surface area contributed by atoms with E-state index >= 15 is 0 Å². The predicted octanol–water partition coefficient (Wildman–Crippen LogP) is 9.42. The van der Waals surface area contributed by atoms with Gasteiger partial charge in [0.25, 0.3) is 0 Å². The van der Waals surface area contributed by atoms with Gasteiger partial charge in [-0.3, -0.25) is 0 Å². The highest BCUT2D eigenvalue weighted by Crippen LogP contribution is 2.38. The Bertz CT molecular complexity index is 3990. The third-order valence-electron chi connectivity index (χ3n) is 15.0. The number of imidazole rings is 3. The highest BCUT2D eigenvalue weighted by Gasteiger charge is 2.37. The smallest absolute Gasteiger partial charge is 0.410 e. The second kappa shape index (κ2) is 22.4. The van der Waals surface area contributed by atoms with Gasteiger partial charge < -0.3 is 43.4 Å². The van der Waals surface area contributed by atoms with Gasteiger partial charge in [-0.25, -0.2) is 73.8 Å². The Kier molecular flexibility index (Phi) is 15.6. The number of anilines is 6. The standard InChI is InChI=1S/C22H25F2N5O2.C18H19F2N5O2S.C17H17F2N5/c1-22(2,3)31-21(30)29-10-14(11-29)13-6-15(23)20(16(24)7-13)28(5)19-8-18-17(9-25-19)26-12-27(18)4;1-23-10-22-15-7-21-17(6-16(15)23)24(2)18-13(19)4-11(5-14(18)20)12-8-25(9-12)28(3,26)27;1-23-9-22-14-8-21-16(5-15(14)23)24(2)17-12(18)3-10(4-13(17)19)11-6-20-7-11/h6-9,12,14H,10-11H2,1-5H3;4-7,10,12H,8-9H2,1-3H3;3-5,8-9,11,20H,6-7H2,1-2H3. The average molecular weight is 1170 g/mol. The van der Waals surface area contributed by atoms with Gasteiger partial charge in [0.05, 0.1) is 60.4 Å². The van der Waals surface area contributed by atoms with E-state index in [0.717, 1.165) is 41.4 Å². The molecule has 3 aliphatic heterocycles. The number of amides is 1. The fourth-order valence-electron chi connectivity index (χ4n) is 9.99. The van der Waals surface area contributed by atoms with Crippen LogP contribution in [0.3, 0.4) is 0 Å². The van der Waals surface area contributed by atoms with Crippen LogP contribution in [0.15, 0.2) is 92.2 Å². The Morgan fingerprint density at radius 1 is 0.530 bits per heavy atom. The number of nitrogens with one attached hydrogen (secondary N) is 1. The quantitative estimate of drug-likeness (QED) is 0.128. The molecule has 3 fully saturated rings. The van der Waals surface area contributed by atoms with Crippen LogP contribution in [0.1, 0.15) is 55.2 Å². The van der Waals surface area contributed by atoms with Gasteiger partial charge in [-0.2, -0.15) is 0 Å². The summed E-state index contributed by atoms with van der Waals surface area (Å²) in [5.41, 5.74) is 5.17. The number of hydrogen-bond donors (Lipinski definition) is 1. The number of ether oxygens (including phenoxy) is 1. The number of benzene rings is 3. The van der Waals surface area contributed by atoms with Gasteiger partial charge in [-0.15, -0.1) is 0 Å². The first kappa shape index (κ1) is 57.9. The third kappa shape index (κ3) is 11.8. The van der Waals surface area contributed by atoms with E-state index in [2.05, 4.69) is 35.2 Å².